The molecular formula is C24H28N2O5S. The second-order valence-electron chi connectivity index (χ2n) is 8.07. The fraction of sp³-hybridized carbons (Fsp3) is 0.375. The smallest absolute Gasteiger partial charge is 0.210 e. The van der Waals surface area contributed by atoms with E-state index in [1.165, 1.54) is 6.20 Å². The van der Waals surface area contributed by atoms with Crippen molar-refractivity contribution < 1.29 is 22.6 Å². The van der Waals surface area contributed by atoms with Crippen molar-refractivity contribution in [3.8, 4) is 17.2 Å². The van der Waals surface area contributed by atoms with Gasteiger partial charge in [0.15, 0.2) is 11.5 Å². The number of methoxy groups -OCH3 is 3. The number of anilines is 1. The van der Waals surface area contributed by atoms with E-state index in [9.17, 15) is 8.42 Å². The zero-order valence-corrected chi connectivity index (χ0v) is 19.6. The number of hydrogen-bond acceptors (Lipinski definition) is 7. The molecule has 0 amide bonds. The van der Waals surface area contributed by atoms with Crippen LogP contribution in [0.2, 0.25) is 0 Å². The summed E-state index contributed by atoms with van der Waals surface area (Å²) in [6, 6.07) is 10.0. The fourth-order valence-electron chi connectivity index (χ4n) is 4.28. The Hall–Kier alpha value is -3.00. The van der Waals surface area contributed by atoms with Gasteiger partial charge in [0.05, 0.1) is 37.4 Å². The molecule has 32 heavy (non-hydrogen) atoms. The lowest BCUT2D eigenvalue weighted by Crippen LogP contribution is -2.35. The quantitative estimate of drug-likeness (QED) is 0.546. The highest BCUT2D eigenvalue weighted by Crippen LogP contribution is 2.41. The van der Waals surface area contributed by atoms with Gasteiger partial charge in [-0.1, -0.05) is 6.92 Å². The summed E-state index contributed by atoms with van der Waals surface area (Å²) in [5.74, 6) is 2.15. The van der Waals surface area contributed by atoms with E-state index in [2.05, 4.69) is 16.8 Å². The van der Waals surface area contributed by atoms with Crippen molar-refractivity contribution in [2.45, 2.75) is 29.6 Å². The van der Waals surface area contributed by atoms with Crippen LogP contribution in [0.5, 0.6) is 17.2 Å². The van der Waals surface area contributed by atoms with Gasteiger partial charge in [-0.05, 0) is 49.1 Å². The topological polar surface area (TPSA) is 78.0 Å². The lowest BCUT2D eigenvalue weighted by molar-refractivity contribution is 0.355. The van der Waals surface area contributed by atoms with E-state index in [0.29, 0.717) is 34.4 Å². The largest absolute Gasteiger partial charge is 0.497 e. The van der Waals surface area contributed by atoms with Crippen LogP contribution >= 0.6 is 0 Å². The summed E-state index contributed by atoms with van der Waals surface area (Å²) in [6.45, 7) is 3.75. The zero-order chi connectivity index (χ0) is 22.9. The van der Waals surface area contributed by atoms with E-state index in [4.69, 9.17) is 14.2 Å². The molecule has 2 heterocycles. The number of ether oxygens (including phenoxy) is 3. The van der Waals surface area contributed by atoms with E-state index in [1.54, 1.807) is 51.7 Å². The Labute approximate surface area is 188 Å². The Morgan fingerprint density at radius 1 is 1.00 bits per heavy atom. The molecule has 170 valence electrons. The molecule has 2 aromatic carbocycles. The van der Waals surface area contributed by atoms with Crippen LogP contribution in [0, 0.1) is 5.92 Å². The second-order valence-corrected chi connectivity index (χ2v) is 9.99. The van der Waals surface area contributed by atoms with E-state index in [0.717, 1.165) is 31.3 Å². The molecule has 7 nitrogen and oxygen atoms in total. The molecule has 1 atom stereocenters. The first-order chi connectivity index (χ1) is 15.4. The van der Waals surface area contributed by atoms with Gasteiger partial charge in [0.25, 0.3) is 0 Å². The van der Waals surface area contributed by atoms with Crippen LogP contribution in [0.3, 0.4) is 0 Å². The lowest BCUT2D eigenvalue weighted by atomic mass is 9.99. The van der Waals surface area contributed by atoms with Crippen molar-refractivity contribution in [2.75, 3.05) is 39.3 Å². The van der Waals surface area contributed by atoms with E-state index >= 15 is 0 Å². The summed E-state index contributed by atoms with van der Waals surface area (Å²) in [4.78, 5) is 7.06. The number of fused-ring (bicyclic) bond motifs is 1. The van der Waals surface area contributed by atoms with Crippen molar-refractivity contribution in [3.63, 3.8) is 0 Å². The molecule has 1 aliphatic rings. The molecule has 4 rings (SSSR count). The Morgan fingerprint density at radius 3 is 2.31 bits per heavy atom. The number of pyridine rings is 1. The third-order valence-corrected chi connectivity index (χ3v) is 7.71. The van der Waals surface area contributed by atoms with Gasteiger partial charge in [0.1, 0.15) is 10.6 Å². The van der Waals surface area contributed by atoms with Crippen LogP contribution in [0.4, 0.5) is 5.69 Å². The van der Waals surface area contributed by atoms with E-state index in [-0.39, 0.29) is 9.79 Å². The molecule has 0 bridgehead atoms. The minimum atomic E-state index is -3.82. The summed E-state index contributed by atoms with van der Waals surface area (Å²) in [5, 5.41) is 0.728. The maximum atomic E-state index is 13.7. The molecular weight excluding hydrogens is 428 g/mol. The van der Waals surface area contributed by atoms with Gasteiger partial charge in [-0.15, -0.1) is 0 Å². The highest BCUT2D eigenvalue weighted by molar-refractivity contribution is 7.91. The number of hydrogen-bond donors (Lipinski definition) is 0. The third kappa shape index (κ3) is 3.95. The van der Waals surface area contributed by atoms with Crippen molar-refractivity contribution >= 4 is 26.4 Å². The molecule has 1 saturated heterocycles. The molecule has 1 aliphatic heterocycles. The average Bonchev–Trinajstić information content (AvgIpc) is 2.82. The molecule has 0 saturated carbocycles. The SMILES string of the molecule is COc1ccc(S(=O)(=O)c2cnc3cc(OC)c(OC)cc3c2N2CCC[C@H](C)C2)cc1. The first-order valence-corrected chi connectivity index (χ1v) is 12.1. The van der Waals surface area contributed by atoms with Gasteiger partial charge in [-0.3, -0.25) is 4.98 Å². The molecule has 1 aromatic heterocycles. The van der Waals surface area contributed by atoms with Gasteiger partial charge in [-0.2, -0.15) is 0 Å². The Balaban J connectivity index is 1.97. The highest BCUT2D eigenvalue weighted by atomic mass is 32.2. The number of aromatic nitrogens is 1. The van der Waals surface area contributed by atoms with Gasteiger partial charge in [0.2, 0.25) is 9.84 Å². The van der Waals surface area contributed by atoms with Crippen molar-refractivity contribution in [2.24, 2.45) is 5.92 Å². The summed E-state index contributed by atoms with van der Waals surface area (Å²) in [5.41, 5.74) is 1.32. The zero-order valence-electron chi connectivity index (χ0n) is 18.8. The Morgan fingerprint density at radius 2 is 1.69 bits per heavy atom. The Bertz CT molecular complexity index is 1230. The maximum Gasteiger partial charge on any atom is 0.210 e. The minimum Gasteiger partial charge on any atom is -0.497 e. The summed E-state index contributed by atoms with van der Waals surface area (Å²) in [7, 11) is 0.866. The first-order valence-electron chi connectivity index (χ1n) is 10.6. The summed E-state index contributed by atoms with van der Waals surface area (Å²) < 4.78 is 43.6. The van der Waals surface area contributed by atoms with Gasteiger partial charge in [-0.25, -0.2) is 8.42 Å². The first kappa shape index (κ1) is 22.2. The lowest BCUT2D eigenvalue weighted by Gasteiger charge is -2.34. The molecule has 0 radical (unpaired) electrons. The molecule has 8 heteroatoms. The summed E-state index contributed by atoms with van der Waals surface area (Å²) in [6.07, 6.45) is 3.58. The molecule has 1 fully saturated rings. The number of piperidine rings is 1. The normalized spacial score (nSPS) is 16.8. The van der Waals surface area contributed by atoms with Crippen LogP contribution in [0.25, 0.3) is 10.9 Å². The number of benzene rings is 2. The maximum absolute atomic E-state index is 13.7. The fourth-order valence-corrected chi connectivity index (χ4v) is 5.72. The van der Waals surface area contributed by atoms with E-state index < -0.39 is 9.84 Å². The molecule has 0 N–H and O–H groups in total. The highest BCUT2D eigenvalue weighted by Gasteiger charge is 2.29. The van der Waals surface area contributed by atoms with Crippen LogP contribution in [-0.2, 0) is 9.84 Å². The van der Waals surface area contributed by atoms with Crippen molar-refractivity contribution in [1.82, 2.24) is 4.98 Å². The monoisotopic (exact) mass is 456 g/mol. The predicted octanol–water partition coefficient (Wildman–Crippen LogP) is 4.33. The van der Waals surface area contributed by atoms with Crippen molar-refractivity contribution in [3.05, 3.63) is 42.6 Å². The Kier molecular flexibility index (Phi) is 6.15. The second kappa shape index (κ2) is 8.86. The average molecular weight is 457 g/mol. The van der Waals surface area contributed by atoms with Gasteiger partial charge < -0.3 is 19.1 Å². The van der Waals surface area contributed by atoms with Crippen molar-refractivity contribution in [1.29, 1.82) is 0 Å². The standard InChI is InChI=1S/C24H28N2O5S/c1-16-6-5-11-26(15-16)24-19-12-21(30-3)22(31-4)13-20(19)25-14-23(24)32(27,28)18-9-7-17(29-2)8-10-18/h7-10,12-14,16H,5-6,11,15H2,1-4H3/t16-/m0/s1. The minimum absolute atomic E-state index is 0.191. The van der Waals surface area contributed by atoms with Crippen LogP contribution in [-0.4, -0.2) is 47.8 Å². The number of rotatable bonds is 6. The van der Waals surface area contributed by atoms with Crippen LogP contribution in [0.1, 0.15) is 19.8 Å². The van der Waals surface area contributed by atoms with Crippen LogP contribution in [0.15, 0.2) is 52.4 Å². The third-order valence-electron chi connectivity index (χ3n) is 5.94. The molecule has 0 spiro atoms. The van der Waals surface area contributed by atoms with E-state index in [1.807, 2.05) is 6.07 Å². The van der Waals surface area contributed by atoms with Gasteiger partial charge in [0, 0.05) is 30.7 Å². The molecule has 3 aromatic rings. The summed E-state index contributed by atoms with van der Waals surface area (Å²) >= 11 is 0. The van der Waals surface area contributed by atoms with Crippen LogP contribution < -0.4 is 19.1 Å². The molecule has 0 aliphatic carbocycles. The number of sulfone groups is 1. The number of nitrogens with zero attached hydrogens (tertiary/aromatic N) is 2. The van der Waals surface area contributed by atoms with Gasteiger partial charge >= 0.3 is 0 Å². The molecule has 0 unspecified atom stereocenters. The predicted molar refractivity (Wildman–Crippen MR) is 124 cm³/mol.